The molecule has 2 rings (SSSR count). The SMILES string of the molecule is O=S(=O)(C1CC1)N(CCO)Cc1cccc(C(F)(F)F)n1. The third-order valence-electron chi connectivity index (χ3n) is 3.09. The van der Waals surface area contributed by atoms with Crippen molar-refractivity contribution in [2.45, 2.75) is 30.8 Å². The largest absolute Gasteiger partial charge is 0.433 e. The average Bonchev–Trinajstić information content (AvgIpc) is 3.22. The van der Waals surface area contributed by atoms with E-state index in [9.17, 15) is 21.6 Å². The molecule has 0 aliphatic heterocycles. The van der Waals surface area contributed by atoms with Gasteiger partial charge in [0.15, 0.2) is 0 Å². The Morgan fingerprint density at radius 3 is 2.52 bits per heavy atom. The number of nitrogens with zero attached hydrogens (tertiary/aromatic N) is 2. The summed E-state index contributed by atoms with van der Waals surface area (Å²) in [6.45, 7) is -0.828. The summed E-state index contributed by atoms with van der Waals surface area (Å²) in [5.74, 6) is 0. The maximum atomic E-state index is 12.6. The second-order valence-corrected chi connectivity index (χ2v) is 7.03. The van der Waals surface area contributed by atoms with E-state index in [1.165, 1.54) is 12.1 Å². The Labute approximate surface area is 120 Å². The highest BCUT2D eigenvalue weighted by molar-refractivity contribution is 7.90. The predicted octanol–water partition coefficient (Wildman–Crippen LogP) is 1.39. The molecule has 0 saturated heterocycles. The predicted molar refractivity (Wildman–Crippen MR) is 68.7 cm³/mol. The molecule has 1 aliphatic carbocycles. The van der Waals surface area contributed by atoms with Crippen molar-refractivity contribution in [3.05, 3.63) is 29.6 Å². The van der Waals surface area contributed by atoms with Crippen LogP contribution in [0.1, 0.15) is 24.2 Å². The fourth-order valence-corrected chi connectivity index (χ4v) is 3.69. The highest BCUT2D eigenvalue weighted by Gasteiger charge is 2.40. The molecule has 0 atom stereocenters. The van der Waals surface area contributed by atoms with Gasteiger partial charge < -0.3 is 5.11 Å². The molecule has 0 unspecified atom stereocenters. The Morgan fingerprint density at radius 1 is 1.33 bits per heavy atom. The van der Waals surface area contributed by atoms with Gasteiger partial charge in [-0.3, -0.25) is 0 Å². The Morgan fingerprint density at radius 2 is 2.00 bits per heavy atom. The van der Waals surface area contributed by atoms with E-state index < -0.39 is 33.8 Å². The van der Waals surface area contributed by atoms with Crippen LogP contribution >= 0.6 is 0 Å². The van der Waals surface area contributed by atoms with E-state index in [4.69, 9.17) is 5.11 Å². The molecule has 0 bridgehead atoms. The van der Waals surface area contributed by atoms with Crippen molar-refractivity contribution >= 4 is 10.0 Å². The number of rotatable bonds is 6. The molecule has 0 radical (unpaired) electrons. The van der Waals surface area contributed by atoms with E-state index in [-0.39, 0.29) is 18.8 Å². The van der Waals surface area contributed by atoms with Gasteiger partial charge in [-0.2, -0.15) is 17.5 Å². The minimum atomic E-state index is -4.58. The summed E-state index contributed by atoms with van der Waals surface area (Å²) in [5.41, 5.74) is -1.06. The number of halogens is 3. The molecule has 0 amide bonds. The zero-order valence-electron chi connectivity index (χ0n) is 11.0. The Balaban J connectivity index is 2.21. The van der Waals surface area contributed by atoms with Gasteiger partial charge in [0.25, 0.3) is 0 Å². The minimum absolute atomic E-state index is 0.00231. The highest BCUT2D eigenvalue weighted by atomic mass is 32.2. The van der Waals surface area contributed by atoms with Crippen molar-refractivity contribution in [2.75, 3.05) is 13.2 Å². The minimum Gasteiger partial charge on any atom is -0.395 e. The lowest BCUT2D eigenvalue weighted by Crippen LogP contribution is -2.36. The van der Waals surface area contributed by atoms with Crippen LogP contribution in [0.4, 0.5) is 13.2 Å². The normalized spacial score (nSPS) is 16.4. The topological polar surface area (TPSA) is 70.5 Å². The average molecular weight is 324 g/mol. The summed E-state index contributed by atoms with van der Waals surface area (Å²) in [7, 11) is -3.58. The first-order valence-electron chi connectivity index (χ1n) is 6.38. The molecule has 1 aromatic rings. The van der Waals surface area contributed by atoms with Crippen LogP contribution in [-0.2, 0) is 22.7 Å². The molecule has 0 spiro atoms. The van der Waals surface area contributed by atoms with Crippen molar-refractivity contribution in [2.24, 2.45) is 0 Å². The van der Waals surface area contributed by atoms with E-state index in [1.807, 2.05) is 0 Å². The van der Waals surface area contributed by atoms with Gasteiger partial charge in [0.1, 0.15) is 5.69 Å². The van der Waals surface area contributed by atoms with Crippen molar-refractivity contribution < 1.29 is 26.7 Å². The number of hydrogen-bond acceptors (Lipinski definition) is 4. The first-order valence-corrected chi connectivity index (χ1v) is 7.88. The summed E-state index contributed by atoms with van der Waals surface area (Å²) in [5, 5.41) is 8.47. The van der Waals surface area contributed by atoms with Gasteiger partial charge in [0, 0.05) is 6.54 Å². The van der Waals surface area contributed by atoms with E-state index in [0.29, 0.717) is 12.8 Å². The number of aliphatic hydroxyl groups is 1. The first-order chi connectivity index (χ1) is 9.75. The number of pyridine rings is 1. The molecular weight excluding hydrogens is 309 g/mol. The van der Waals surface area contributed by atoms with Crippen LogP contribution < -0.4 is 0 Å². The second kappa shape index (κ2) is 5.90. The number of aliphatic hydroxyl groups excluding tert-OH is 1. The fourth-order valence-electron chi connectivity index (χ4n) is 1.89. The first kappa shape index (κ1) is 16.2. The van der Waals surface area contributed by atoms with Crippen LogP contribution in [0.3, 0.4) is 0 Å². The monoisotopic (exact) mass is 324 g/mol. The molecule has 5 nitrogen and oxygen atoms in total. The standard InChI is InChI=1S/C12H15F3N2O3S/c13-12(14,15)11-3-1-2-9(16-11)8-17(6-7-18)21(19,20)10-4-5-10/h1-3,10,18H,4-8H2. The van der Waals surface area contributed by atoms with Gasteiger partial charge in [-0.05, 0) is 25.0 Å². The van der Waals surface area contributed by atoms with Crippen LogP contribution in [0.25, 0.3) is 0 Å². The third-order valence-corrected chi connectivity index (χ3v) is 5.44. The number of sulfonamides is 1. The third kappa shape index (κ3) is 3.92. The van der Waals surface area contributed by atoms with Crippen LogP contribution in [0.5, 0.6) is 0 Å². The van der Waals surface area contributed by atoms with Gasteiger partial charge in [-0.25, -0.2) is 13.4 Å². The maximum Gasteiger partial charge on any atom is 0.433 e. The summed E-state index contributed by atoms with van der Waals surface area (Å²) in [6, 6.07) is 3.35. The summed E-state index contributed by atoms with van der Waals surface area (Å²) in [4.78, 5) is 3.45. The molecule has 1 aromatic heterocycles. The van der Waals surface area contributed by atoms with Crippen LogP contribution in [0.15, 0.2) is 18.2 Å². The molecule has 21 heavy (non-hydrogen) atoms. The zero-order chi connectivity index (χ0) is 15.7. The van der Waals surface area contributed by atoms with E-state index in [1.54, 1.807) is 0 Å². The van der Waals surface area contributed by atoms with Gasteiger partial charge in [0.2, 0.25) is 10.0 Å². The molecule has 1 N–H and O–H groups in total. The lowest BCUT2D eigenvalue weighted by Gasteiger charge is -2.21. The van der Waals surface area contributed by atoms with Crippen molar-refractivity contribution in [3.8, 4) is 0 Å². The maximum absolute atomic E-state index is 12.6. The van der Waals surface area contributed by atoms with E-state index in [2.05, 4.69) is 4.98 Å². The zero-order valence-corrected chi connectivity index (χ0v) is 11.9. The number of alkyl halides is 3. The molecule has 0 aromatic carbocycles. The van der Waals surface area contributed by atoms with Gasteiger partial charge in [-0.1, -0.05) is 6.07 Å². The molecule has 118 valence electrons. The molecule has 1 saturated carbocycles. The molecule has 1 aliphatic rings. The second-order valence-electron chi connectivity index (χ2n) is 4.81. The lowest BCUT2D eigenvalue weighted by molar-refractivity contribution is -0.141. The quantitative estimate of drug-likeness (QED) is 0.858. The van der Waals surface area contributed by atoms with Gasteiger partial charge >= 0.3 is 6.18 Å². The summed E-state index contributed by atoms with van der Waals surface area (Å²) in [6.07, 6.45) is -3.49. The summed E-state index contributed by atoms with van der Waals surface area (Å²) < 4.78 is 63.0. The molecule has 9 heteroatoms. The smallest absolute Gasteiger partial charge is 0.395 e. The van der Waals surface area contributed by atoms with Crippen LogP contribution in [-0.4, -0.2) is 41.2 Å². The molecular formula is C12H15F3N2O3S. The van der Waals surface area contributed by atoms with Crippen molar-refractivity contribution in [1.29, 1.82) is 0 Å². The Bertz CT molecular complexity index is 600. The summed E-state index contributed by atoms with van der Waals surface area (Å²) >= 11 is 0. The molecule has 1 fully saturated rings. The lowest BCUT2D eigenvalue weighted by atomic mass is 10.3. The number of hydrogen-bond donors (Lipinski definition) is 1. The highest BCUT2D eigenvalue weighted by Crippen LogP contribution is 2.32. The van der Waals surface area contributed by atoms with E-state index >= 15 is 0 Å². The van der Waals surface area contributed by atoms with Crippen molar-refractivity contribution in [3.63, 3.8) is 0 Å². The van der Waals surface area contributed by atoms with E-state index in [0.717, 1.165) is 10.4 Å². The molecule has 1 heterocycles. The van der Waals surface area contributed by atoms with Gasteiger partial charge in [0.05, 0.1) is 24.1 Å². The fraction of sp³-hybridized carbons (Fsp3) is 0.583. The Hall–Kier alpha value is -1.19. The number of aromatic nitrogens is 1. The van der Waals surface area contributed by atoms with Gasteiger partial charge in [-0.15, -0.1) is 0 Å². The van der Waals surface area contributed by atoms with Crippen LogP contribution in [0.2, 0.25) is 0 Å². The Kier molecular flexibility index (Phi) is 4.54. The van der Waals surface area contributed by atoms with Crippen molar-refractivity contribution in [1.82, 2.24) is 9.29 Å². The van der Waals surface area contributed by atoms with Crippen LogP contribution in [0, 0.1) is 0 Å².